The zero-order valence-corrected chi connectivity index (χ0v) is 14.5. The number of carboxylic acids is 1. The maximum Gasteiger partial charge on any atom is 0.323 e. The predicted molar refractivity (Wildman–Crippen MR) is 97.9 cm³/mol. The molecule has 2 N–H and O–H groups in total. The van der Waals surface area contributed by atoms with Gasteiger partial charge in [-0.2, -0.15) is 0 Å². The van der Waals surface area contributed by atoms with Crippen LogP contribution in [0.15, 0.2) is 63.9 Å². The van der Waals surface area contributed by atoms with Gasteiger partial charge in [0, 0.05) is 21.6 Å². The maximum atomic E-state index is 12.6. The topological polar surface area (TPSA) is 88.4 Å². The van der Waals surface area contributed by atoms with Crippen LogP contribution in [-0.2, 0) is 11.3 Å². The third kappa shape index (κ3) is 3.61. The molecule has 7 heteroatoms. The molecule has 0 atom stereocenters. The number of fused-ring (bicyclic) bond motifs is 1. The minimum absolute atomic E-state index is 0.199. The van der Waals surface area contributed by atoms with Crippen molar-refractivity contribution in [3.63, 3.8) is 0 Å². The van der Waals surface area contributed by atoms with Crippen molar-refractivity contribution in [2.45, 2.75) is 6.54 Å². The Morgan fingerprint density at radius 2 is 1.76 bits per heavy atom. The number of para-hydroxylation sites is 1. The van der Waals surface area contributed by atoms with Crippen LogP contribution >= 0.6 is 15.9 Å². The second-order valence-corrected chi connectivity index (χ2v) is 6.27. The van der Waals surface area contributed by atoms with Gasteiger partial charge in [0.05, 0.1) is 11.1 Å². The number of nitrogens with zero attached hydrogens (tertiary/aromatic N) is 1. The fraction of sp³-hybridized carbons (Fsp3) is 0.0556. The number of pyridine rings is 1. The fourth-order valence-corrected chi connectivity index (χ4v) is 2.82. The smallest absolute Gasteiger partial charge is 0.323 e. The summed E-state index contributed by atoms with van der Waals surface area (Å²) >= 11 is 3.32. The molecule has 0 aliphatic heterocycles. The van der Waals surface area contributed by atoms with E-state index in [1.54, 1.807) is 48.5 Å². The summed E-state index contributed by atoms with van der Waals surface area (Å²) in [5.41, 5.74) is 0.651. The SMILES string of the molecule is O=C(O)Cn1c(=O)cc(C(=O)Nc2ccc(Br)cc2)c2ccccc21. The van der Waals surface area contributed by atoms with Gasteiger partial charge in [0.2, 0.25) is 0 Å². The number of benzene rings is 2. The Balaban J connectivity index is 2.07. The van der Waals surface area contributed by atoms with Crippen LogP contribution in [0, 0.1) is 0 Å². The molecular formula is C18H13BrN2O4. The van der Waals surface area contributed by atoms with Crippen molar-refractivity contribution in [3.8, 4) is 0 Å². The first kappa shape index (κ1) is 16.9. The van der Waals surface area contributed by atoms with Crippen LogP contribution in [0.3, 0.4) is 0 Å². The highest BCUT2D eigenvalue weighted by molar-refractivity contribution is 9.10. The van der Waals surface area contributed by atoms with Crippen LogP contribution in [0.2, 0.25) is 0 Å². The molecule has 0 fully saturated rings. The average Bonchev–Trinajstić information content (AvgIpc) is 2.59. The fourth-order valence-electron chi connectivity index (χ4n) is 2.55. The molecule has 0 saturated carbocycles. The first-order valence-electron chi connectivity index (χ1n) is 7.37. The highest BCUT2D eigenvalue weighted by Crippen LogP contribution is 2.19. The number of aromatic nitrogens is 1. The van der Waals surface area contributed by atoms with Gasteiger partial charge in [0.15, 0.2) is 0 Å². The van der Waals surface area contributed by atoms with E-state index in [-0.39, 0.29) is 5.56 Å². The van der Waals surface area contributed by atoms with Gasteiger partial charge in [0.25, 0.3) is 11.5 Å². The number of nitrogens with one attached hydrogen (secondary N) is 1. The normalized spacial score (nSPS) is 10.6. The molecule has 1 amide bonds. The number of rotatable bonds is 4. The van der Waals surface area contributed by atoms with E-state index in [2.05, 4.69) is 21.2 Å². The number of carbonyl (C=O) groups excluding carboxylic acids is 1. The molecule has 126 valence electrons. The van der Waals surface area contributed by atoms with E-state index in [0.29, 0.717) is 16.6 Å². The standard InChI is InChI=1S/C18H13BrN2O4/c19-11-5-7-12(8-6-11)20-18(25)14-9-16(22)21(10-17(23)24)15-4-2-1-3-13(14)15/h1-9H,10H2,(H,20,25)(H,23,24). The van der Waals surface area contributed by atoms with E-state index < -0.39 is 24.0 Å². The van der Waals surface area contributed by atoms with Gasteiger partial charge >= 0.3 is 5.97 Å². The third-order valence-corrected chi connectivity index (χ3v) is 4.19. The molecule has 0 saturated heterocycles. The zero-order valence-electron chi connectivity index (χ0n) is 12.9. The predicted octanol–water partition coefficient (Wildman–Crippen LogP) is 3.10. The Morgan fingerprint density at radius 1 is 1.08 bits per heavy atom. The molecule has 3 rings (SSSR count). The molecule has 25 heavy (non-hydrogen) atoms. The highest BCUT2D eigenvalue weighted by atomic mass is 79.9. The first-order chi connectivity index (χ1) is 12.0. The Hall–Kier alpha value is -2.93. The van der Waals surface area contributed by atoms with Crippen molar-refractivity contribution in [2.75, 3.05) is 5.32 Å². The number of aliphatic carboxylic acids is 1. The lowest BCUT2D eigenvalue weighted by Crippen LogP contribution is -2.26. The Morgan fingerprint density at radius 3 is 2.44 bits per heavy atom. The largest absolute Gasteiger partial charge is 0.480 e. The van der Waals surface area contributed by atoms with E-state index in [1.165, 1.54) is 6.07 Å². The lowest BCUT2D eigenvalue weighted by atomic mass is 10.1. The molecule has 3 aromatic rings. The summed E-state index contributed by atoms with van der Waals surface area (Å²) in [5.74, 6) is -1.56. The summed E-state index contributed by atoms with van der Waals surface area (Å²) in [6, 6.07) is 14.9. The second kappa shape index (κ2) is 6.90. The summed E-state index contributed by atoms with van der Waals surface area (Å²) < 4.78 is 2.01. The van der Waals surface area contributed by atoms with Gasteiger partial charge in [-0.05, 0) is 30.3 Å². The molecule has 0 radical (unpaired) electrons. The van der Waals surface area contributed by atoms with Crippen molar-refractivity contribution in [1.29, 1.82) is 0 Å². The van der Waals surface area contributed by atoms with E-state index in [1.807, 2.05) is 0 Å². The minimum atomic E-state index is -1.13. The van der Waals surface area contributed by atoms with Crippen LogP contribution in [0.1, 0.15) is 10.4 Å². The average molecular weight is 401 g/mol. The number of halogens is 1. The molecule has 6 nitrogen and oxygen atoms in total. The van der Waals surface area contributed by atoms with Crippen molar-refractivity contribution < 1.29 is 14.7 Å². The number of hydrogen-bond acceptors (Lipinski definition) is 3. The molecule has 0 bridgehead atoms. The number of amides is 1. The molecule has 1 heterocycles. The van der Waals surface area contributed by atoms with Gasteiger partial charge in [-0.25, -0.2) is 0 Å². The van der Waals surface area contributed by atoms with Gasteiger partial charge in [-0.1, -0.05) is 34.1 Å². The van der Waals surface area contributed by atoms with Crippen molar-refractivity contribution in [3.05, 3.63) is 75.0 Å². The van der Waals surface area contributed by atoms with Gasteiger partial charge < -0.3 is 10.4 Å². The van der Waals surface area contributed by atoms with E-state index in [0.717, 1.165) is 9.04 Å². The van der Waals surface area contributed by atoms with Crippen LogP contribution in [0.4, 0.5) is 5.69 Å². The van der Waals surface area contributed by atoms with Crippen LogP contribution in [0.25, 0.3) is 10.9 Å². The van der Waals surface area contributed by atoms with Crippen LogP contribution in [-0.4, -0.2) is 21.6 Å². The quantitative estimate of drug-likeness (QED) is 0.703. The maximum absolute atomic E-state index is 12.6. The van der Waals surface area contributed by atoms with Crippen molar-refractivity contribution >= 4 is 44.4 Å². The molecule has 0 aliphatic carbocycles. The van der Waals surface area contributed by atoms with Crippen molar-refractivity contribution in [2.24, 2.45) is 0 Å². The van der Waals surface area contributed by atoms with Crippen molar-refractivity contribution in [1.82, 2.24) is 4.57 Å². The number of anilines is 1. The zero-order chi connectivity index (χ0) is 18.0. The molecule has 0 unspecified atom stereocenters. The molecule has 1 aromatic heterocycles. The van der Waals surface area contributed by atoms with Gasteiger partial charge in [-0.3, -0.25) is 19.0 Å². The van der Waals surface area contributed by atoms with Gasteiger partial charge in [-0.15, -0.1) is 0 Å². The summed E-state index contributed by atoms with van der Waals surface area (Å²) in [6.07, 6.45) is 0. The summed E-state index contributed by atoms with van der Waals surface area (Å²) in [7, 11) is 0. The minimum Gasteiger partial charge on any atom is -0.480 e. The molecule has 2 aromatic carbocycles. The molecular weight excluding hydrogens is 388 g/mol. The summed E-state index contributed by atoms with van der Waals surface area (Å²) in [4.78, 5) is 35.9. The molecule has 0 aliphatic rings. The third-order valence-electron chi connectivity index (χ3n) is 3.66. The second-order valence-electron chi connectivity index (χ2n) is 5.35. The lowest BCUT2D eigenvalue weighted by molar-refractivity contribution is -0.137. The van der Waals surface area contributed by atoms with Crippen LogP contribution < -0.4 is 10.9 Å². The first-order valence-corrected chi connectivity index (χ1v) is 8.16. The Bertz CT molecular complexity index is 1030. The number of carbonyl (C=O) groups is 2. The monoisotopic (exact) mass is 400 g/mol. The summed E-state index contributed by atoms with van der Waals surface area (Å²) in [5, 5.41) is 12.3. The lowest BCUT2D eigenvalue weighted by Gasteiger charge is -2.12. The number of hydrogen-bond donors (Lipinski definition) is 2. The van der Waals surface area contributed by atoms with Crippen LogP contribution in [0.5, 0.6) is 0 Å². The van der Waals surface area contributed by atoms with E-state index >= 15 is 0 Å². The Labute approximate surface area is 150 Å². The number of carboxylic acid groups (broad SMARTS) is 1. The summed E-state index contributed by atoms with van der Waals surface area (Å²) in [6.45, 7) is -0.464. The van der Waals surface area contributed by atoms with E-state index in [4.69, 9.17) is 5.11 Å². The van der Waals surface area contributed by atoms with Gasteiger partial charge in [0.1, 0.15) is 6.54 Å². The van der Waals surface area contributed by atoms with E-state index in [9.17, 15) is 14.4 Å². The molecule has 0 spiro atoms. The highest BCUT2D eigenvalue weighted by Gasteiger charge is 2.16. The Kier molecular flexibility index (Phi) is 4.67.